The zero-order chi connectivity index (χ0) is 13.0. The number of nitrogen functional groups attached to an aromatic ring is 1. The molecule has 1 aromatic carbocycles. The van der Waals surface area contributed by atoms with Gasteiger partial charge >= 0.3 is 0 Å². The molecule has 1 heterocycles. The summed E-state index contributed by atoms with van der Waals surface area (Å²) < 4.78 is 0.907. The Morgan fingerprint density at radius 1 is 1.11 bits per heavy atom. The van der Waals surface area contributed by atoms with E-state index in [9.17, 15) is 4.79 Å². The molecule has 0 atom stereocenters. The SMILES string of the molecule is Nc1cc(Br)ccc1C(=O)N1CCCCCCC1. The predicted octanol–water partition coefficient (Wildman–Crippen LogP) is 3.44. The summed E-state index contributed by atoms with van der Waals surface area (Å²) in [5, 5.41) is 0. The van der Waals surface area contributed by atoms with Crippen molar-refractivity contribution in [3.05, 3.63) is 28.2 Å². The molecule has 2 rings (SSSR count). The van der Waals surface area contributed by atoms with Crippen LogP contribution in [0.5, 0.6) is 0 Å². The second kappa shape index (κ2) is 6.23. The van der Waals surface area contributed by atoms with Gasteiger partial charge in [0.2, 0.25) is 0 Å². The molecule has 3 nitrogen and oxygen atoms in total. The monoisotopic (exact) mass is 310 g/mol. The van der Waals surface area contributed by atoms with Crippen LogP contribution in [0.15, 0.2) is 22.7 Å². The maximum atomic E-state index is 12.4. The van der Waals surface area contributed by atoms with Gasteiger partial charge in [-0.25, -0.2) is 0 Å². The minimum Gasteiger partial charge on any atom is -0.398 e. The average molecular weight is 311 g/mol. The molecule has 4 heteroatoms. The molecule has 0 saturated carbocycles. The first-order chi connectivity index (χ1) is 8.68. The number of likely N-dealkylation sites (tertiary alicyclic amines) is 1. The Balaban J connectivity index is 2.13. The van der Waals surface area contributed by atoms with Crippen molar-refractivity contribution in [1.29, 1.82) is 0 Å². The number of hydrogen-bond acceptors (Lipinski definition) is 2. The van der Waals surface area contributed by atoms with Crippen LogP contribution in [0.3, 0.4) is 0 Å². The summed E-state index contributed by atoms with van der Waals surface area (Å²) in [7, 11) is 0. The lowest BCUT2D eigenvalue weighted by atomic mass is 10.1. The van der Waals surface area contributed by atoms with Crippen LogP contribution < -0.4 is 5.73 Å². The zero-order valence-electron chi connectivity index (χ0n) is 10.5. The van der Waals surface area contributed by atoms with Gasteiger partial charge in [0.25, 0.3) is 5.91 Å². The number of halogens is 1. The summed E-state index contributed by atoms with van der Waals surface area (Å²) in [6, 6.07) is 5.46. The third kappa shape index (κ3) is 3.25. The van der Waals surface area contributed by atoms with Crippen LogP contribution in [0.4, 0.5) is 5.69 Å². The smallest absolute Gasteiger partial charge is 0.255 e. The summed E-state index contributed by atoms with van der Waals surface area (Å²) in [5.74, 6) is 0.0712. The van der Waals surface area contributed by atoms with Crippen LogP contribution in [0.1, 0.15) is 42.5 Å². The van der Waals surface area contributed by atoms with Gasteiger partial charge in [-0.3, -0.25) is 4.79 Å². The molecule has 1 saturated heterocycles. The molecule has 98 valence electrons. The van der Waals surface area contributed by atoms with E-state index in [-0.39, 0.29) is 5.91 Å². The highest BCUT2D eigenvalue weighted by molar-refractivity contribution is 9.10. The fraction of sp³-hybridized carbons (Fsp3) is 0.500. The van der Waals surface area contributed by atoms with E-state index in [2.05, 4.69) is 15.9 Å². The Labute approximate surface area is 116 Å². The Kier molecular flexibility index (Phi) is 4.64. The minimum atomic E-state index is 0.0712. The van der Waals surface area contributed by atoms with Crippen molar-refractivity contribution in [3.8, 4) is 0 Å². The van der Waals surface area contributed by atoms with Crippen molar-refractivity contribution in [2.24, 2.45) is 0 Å². The third-order valence-electron chi connectivity index (χ3n) is 3.39. The first-order valence-corrected chi connectivity index (χ1v) is 7.32. The second-order valence-electron chi connectivity index (χ2n) is 4.79. The molecular formula is C14H19BrN2O. The number of carbonyl (C=O) groups is 1. The quantitative estimate of drug-likeness (QED) is 0.808. The topological polar surface area (TPSA) is 46.3 Å². The average Bonchev–Trinajstić information content (AvgIpc) is 2.27. The Morgan fingerprint density at radius 2 is 1.72 bits per heavy atom. The zero-order valence-corrected chi connectivity index (χ0v) is 12.1. The molecule has 1 aliphatic rings. The number of anilines is 1. The normalized spacial score (nSPS) is 17.1. The fourth-order valence-corrected chi connectivity index (χ4v) is 2.73. The van der Waals surface area contributed by atoms with E-state index in [1.165, 1.54) is 19.3 Å². The lowest BCUT2D eigenvalue weighted by molar-refractivity contribution is 0.0743. The van der Waals surface area contributed by atoms with E-state index in [1.807, 2.05) is 11.0 Å². The second-order valence-corrected chi connectivity index (χ2v) is 5.71. The molecule has 0 bridgehead atoms. The summed E-state index contributed by atoms with van der Waals surface area (Å²) in [6.45, 7) is 1.71. The lowest BCUT2D eigenvalue weighted by Crippen LogP contribution is -2.34. The first kappa shape index (κ1) is 13.4. The Morgan fingerprint density at radius 3 is 2.33 bits per heavy atom. The number of hydrogen-bond donors (Lipinski definition) is 1. The first-order valence-electron chi connectivity index (χ1n) is 6.53. The van der Waals surface area contributed by atoms with Crippen molar-refractivity contribution < 1.29 is 4.79 Å². The van der Waals surface area contributed by atoms with Gasteiger partial charge < -0.3 is 10.6 Å². The molecule has 1 fully saturated rings. The van der Waals surface area contributed by atoms with Gasteiger partial charge in [-0.2, -0.15) is 0 Å². The molecule has 1 amide bonds. The van der Waals surface area contributed by atoms with Crippen LogP contribution in [-0.2, 0) is 0 Å². The van der Waals surface area contributed by atoms with Crippen LogP contribution in [-0.4, -0.2) is 23.9 Å². The van der Waals surface area contributed by atoms with Gasteiger partial charge in [0.15, 0.2) is 0 Å². The molecule has 0 spiro atoms. The van der Waals surface area contributed by atoms with Crippen molar-refractivity contribution in [3.63, 3.8) is 0 Å². The van der Waals surface area contributed by atoms with Crippen molar-refractivity contribution >= 4 is 27.5 Å². The molecule has 2 N–H and O–H groups in total. The number of nitrogens with two attached hydrogens (primary N) is 1. The molecule has 0 aliphatic carbocycles. The van der Waals surface area contributed by atoms with Crippen molar-refractivity contribution in [2.45, 2.75) is 32.1 Å². The number of carbonyl (C=O) groups excluding carboxylic acids is 1. The molecule has 1 aliphatic heterocycles. The van der Waals surface area contributed by atoms with Gasteiger partial charge in [0.1, 0.15) is 0 Å². The van der Waals surface area contributed by atoms with Gasteiger partial charge in [-0.05, 0) is 31.0 Å². The third-order valence-corrected chi connectivity index (χ3v) is 3.88. The number of nitrogens with zero attached hydrogens (tertiary/aromatic N) is 1. The number of benzene rings is 1. The highest BCUT2D eigenvalue weighted by Crippen LogP contribution is 2.21. The molecular weight excluding hydrogens is 292 g/mol. The molecule has 0 unspecified atom stereocenters. The molecule has 1 aromatic rings. The molecule has 18 heavy (non-hydrogen) atoms. The van der Waals surface area contributed by atoms with Crippen LogP contribution in [0.2, 0.25) is 0 Å². The summed E-state index contributed by atoms with van der Waals surface area (Å²) in [5.41, 5.74) is 7.10. The highest BCUT2D eigenvalue weighted by Gasteiger charge is 2.18. The summed E-state index contributed by atoms with van der Waals surface area (Å²) >= 11 is 3.36. The van der Waals surface area contributed by atoms with Gasteiger partial charge in [0.05, 0.1) is 5.56 Å². The highest BCUT2D eigenvalue weighted by atomic mass is 79.9. The van der Waals surface area contributed by atoms with E-state index in [4.69, 9.17) is 5.73 Å². The van der Waals surface area contributed by atoms with E-state index < -0.39 is 0 Å². The number of amides is 1. The predicted molar refractivity (Wildman–Crippen MR) is 77.5 cm³/mol. The molecule has 0 radical (unpaired) electrons. The van der Waals surface area contributed by atoms with Gasteiger partial charge in [-0.15, -0.1) is 0 Å². The van der Waals surface area contributed by atoms with Crippen molar-refractivity contribution in [2.75, 3.05) is 18.8 Å². The summed E-state index contributed by atoms with van der Waals surface area (Å²) in [4.78, 5) is 14.4. The van der Waals surface area contributed by atoms with Gasteiger partial charge in [0, 0.05) is 23.2 Å². The fourth-order valence-electron chi connectivity index (χ4n) is 2.35. The summed E-state index contributed by atoms with van der Waals surface area (Å²) in [6.07, 6.45) is 5.94. The minimum absolute atomic E-state index is 0.0712. The van der Waals surface area contributed by atoms with E-state index in [1.54, 1.807) is 12.1 Å². The standard InChI is InChI=1S/C14H19BrN2O/c15-11-6-7-12(13(16)10-11)14(18)17-8-4-2-1-3-5-9-17/h6-7,10H,1-5,8-9,16H2. The maximum absolute atomic E-state index is 12.4. The molecule has 0 aromatic heterocycles. The van der Waals surface area contributed by atoms with Crippen LogP contribution >= 0.6 is 15.9 Å². The van der Waals surface area contributed by atoms with Gasteiger partial charge in [-0.1, -0.05) is 35.2 Å². The van der Waals surface area contributed by atoms with Crippen LogP contribution in [0.25, 0.3) is 0 Å². The lowest BCUT2D eigenvalue weighted by Gasteiger charge is -2.25. The van der Waals surface area contributed by atoms with E-state index >= 15 is 0 Å². The van der Waals surface area contributed by atoms with Crippen molar-refractivity contribution in [1.82, 2.24) is 4.90 Å². The Hall–Kier alpha value is -1.03. The maximum Gasteiger partial charge on any atom is 0.255 e. The van der Waals surface area contributed by atoms with E-state index in [0.29, 0.717) is 11.3 Å². The largest absolute Gasteiger partial charge is 0.398 e. The van der Waals surface area contributed by atoms with Crippen LogP contribution in [0, 0.1) is 0 Å². The number of rotatable bonds is 1. The van der Waals surface area contributed by atoms with E-state index in [0.717, 1.165) is 30.4 Å². The Bertz CT molecular complexity index is 426.